The van der Waals surface area contributed by atoms with Crippen LogP contribution in [0.5, 0.6) is 0 Å². The van der Waals surface area contributed by atoms with Crippen molar-refractivity contribution in [1.82, 2.24) is 15.1 Å². The molecule has 1 aromatic rings. The summed E-state index contributed by atoms with van der Waals surface area (Å²) in [6, 6.07) is 6.16. The molecule has 7 heteroatoms. The lowest BCUT2D eigenvalue weighted by Gasteiger charge is -2.34. The van der Waals surface area contributed by atoms with Gasteiger partial charge in [0.15, 0.2) is 0 Å². The lowest BCUT2D eigenvalue weighted by molar-refractivity contribution is -0.122. The van der Waals surface area contributed by atoms with E-state index in [1.807, 2.05) is 0 Å². The van der Waals surface area contributed by atoms with Gasteiger partial charge in [0.05, 0.1) is 12.2 Å². The Morgan fingerprint density at radius 3 is 2.38 bits per heavy atom. The van der Waals surface area contributed by atoms with Gasteiger partial charge in [-0.3, -0.25) is 14.5 Å². The summed E-state index contributed by atoms with van der Waals surface area (Å²) < 4.78 is 13.5. The van der Waals surface area contributed by atoms with Gasteiger partial charge in [0.25, 0.3) is 0 Å². The molecule has 0 saturated carbocycles. The summed E-state index contributed by atoms with van der Waals surface area (Å²) in [5, 5.41) is 5.53. The highest BCUT2D eigenvalue weighted by atomic mass is 19.1. The highest BCUT2D eigenvalue weighted by Crippen LogP contribution is 2.12. The monoisotopic (exact) mass is 364 g/mol. The summed E-state index contributed by atoms with van der Waals surface area (Å²) in [5.41, 5.74) is 0.217. The van der Waals surface area contributed by atoms with Gasteiger partial charge in [-0.2, -0.15) is 0 Å². The third-order valence-corrected chi connectivity index (χ3v) is 4.34. The fourth-order valence-electron chi connectivity index (χ4n) is 2.78. The second-order valence-corrected chi connectivity index (χ2v) is 7.09. The third-order valence-electron chi connectivity index (χ3n) is 4.34. The Bertz CT molecular complexity index is 601. The molecule has 1 aliphatic heterocycles. The fraction of sp³-hybridized carbons (Fsp3) is 0.579. The first-order valence-electron chi connectivity index (χ1n) is 9.20. The molecule has 144 valence electrons. The van der Waals surface area contributed by atoms with Crippen LogP contribution in [0.4, 0.5) is 10.1 Å². The number of rotatable bonds is 8. The molecule has 6 nitrogen and oxygen atoms in total. The topological polar surface area (TPSA) is 64.7 Å². The highest BCUT2D eigenvalue weighted by molar-refractivity contribution is 5.90. The van der Waals surface area contributed by atoms with E-state index < -0.39 is 5.82 Å². The molecule has 0 unspecified atom stereocenters. The number of benzene rings is 1. The average Bonchev–Trinajstić information content (AvgIpc) is 2.61. The van der Waals surface area contributed by atoms with Crippen LogP contribution in [-0.4, -0.2) is 67.4 Å². The van der Waals surface area contributed by atoms with E-state index in [0.29, 0.717) is 32.0 Å². The number of halogens is 1. The van der Waals surface area contributed by atoms with Crippen molar-refractivity contribution in [2.75, 3.05) is 51.1 Å². The van der Waals surface area contributed by atoms with Crippen LogP contribution < -0.4 is 10.6 Å². The number of para-hydroxylation sites is 1. The second kappa shape index (κ2) is 10.2. The van der Waals surface area contributed by atoms with Crippen molar-refractivity contribution >= 4 is 17.5 Å². The summed E-state index contributed by atoms with van der Waals surface area (Å²) in [5.74, 6) is -0.0986. The Morgan fingerprint density at radius 2 is 1.73 bits per heavy atom. The average molecular weight is 364 g/mol. The van der Waals surface area contributed by atoms with Crippen molar-refractivity contribution in [1.29, 1.82) is 0 Å². The standard InChI is InChI=1S/C19H29FN4O2/c1-15(2)13-21-19(26)14-24-11-9-23(10-12-24)8-7-18(25)22-17-6-4-3-5-16(17)20/h3-6,15H,7-14H2,1-2H3,(H,21,26)(H,22,25). The molecule has 1 saturated heterocycles. The number of hydrogen-bond donors (Lipinski definition) is 2. The molecule has 2 amide bonds. The zero-order valence-corrected chi connectivity index (χ0v) is 15.6. The molecule has 0 atom stereocenters. The smallest absolute Gasteiger partial charge is 0.234 e. The molecule has 0 aliphatic carbocycles. The van der Waals surface area contributed by atoms with Crippen molar-refractivity contribution in [3.8, 4) is 0 Å². The molecule has 1 aliphatic rings. The highest BCUT2D eigenvalue weighted by Gasteiger charge is 2.19. The van der Waals surface area contributed by atoms with Crippen LogP contribution in [-0.2, 0) is 9.59 Å². The number of piperazine rings is 1. The second-order valence-electron chi connectivity index (χ2n) is 7.09. The predicted molar refractivity (Wildman–Crippen MR) is 100 cm³/mol. The van der Waals surface area contributed by atoms with Crippen molar-refractivity contribution < 1.29 is 14.0 Å². The maximum Gasteiger partial charge on any atom is 0.234 e. The molecule has 1 fully saturated rings. The van der Waals surface area contributed by atoms with Gasteiger partial charge in [0.1, 0.15) is 5.82 Å². The molecular formula is C19H29FN4O2. The van der Waals surface area contributed by atoms with Gasteiger partial charge in [-0.15, -0.1) is 0 Å². The molecule has 0 aromatic heterocycles. The van der Waals surface area contributed by atoms with Crippen LogP contribution >= 0.6 is 0 Å². The number of nitrogens with zero attached hydrogens (tertiary/aromatic N) is 2. The minimum atomic E-state index is -0.426. The summed E-state index contributed by atoms with van der Waals surface area (Å²) in [4.78, 5) is 28.2. The lowest BCUT2D eigenvalue weighted by atomic mass is 10.2. The van der Waals surface area contributed by atoms with Crippen molar-refractivity contribution in [3.63, 3.8) is 0 Å². The van der Waals surface area contributed by atoms with Gasteiger partial charge in [-0.25, -0.2) is 4.39 Å². The van der Waals surface area contributed by atoms with Gasteiger partial charge in [-0.1, -0.05) is 26.0 Å². The zero-order chi connectivity index (χ0) is 18.9. The summed E-state index contributed by atoms with van der Waals surface area (Å²) in [6.45, 7) is 9.17. The largest absolute Gasteiger partial charge is 0.355 e. The Kier molecular flexibility index (Phi) is 8.00. The van der Waals surface area contributed by atoms with E-state index >= 15 is 0 Å². The van der Waals surface area contributed by atoms with E-state index in [4.69, 9.17) is 0 Å². The van der Waals surface area contributed by atoms with Crippen LogP contribution in [0.2, 0.25) is 0 Å². The van der Waals surface area contributed by atoms with Crippen molar-refractivity contribution in [3.05, 3.63) is 30.1 Å². The Hall–Kier alpha value is -1.99. The normalized spacial score (nSPS) is 15.8. The van der Waals surface area contributed by atoms with Crippen molar-refractivity contribution in [2.24, 2.45) is 5.92 Å². The number of anilines is 1. The van der Waals surface area contributed by atoms with Crippen LogP contribution in [0.1, 0.15) is 20.3 Å². The molecule has 26 heavy (non-hydrogen) atoms. The Balaban J connectivity index is 1.63. The number of nitrogens with one attached hydrogen (secondary N) is 2. The minimum Gasteiger partial charge on any atom is -0.355 e. The van der Waals surface area contributed by atoms with Crippen LogP contribution in [0, 0.1) is 11.7 Å². The predicted octanol–water partition coefficient (Wildman–Crippen LogP) is 1.54. The van der Waals surface area contributed by atoms with Crippen molar-refractivity contribution in [2.45, 2.75) is 20.3 Å². The van der Waals surface area contributed by atoms with Gasteiger partial charge < -0.3 is 15.5 Å². The number of amides is 2. The first-order valence-corrected chi connectivity index (χ1v) is 9.20. The third kappa shape index (κ3) is 7.09. The lowest BCUT2D eigenvalue weighted by Crippen LogP contribution is -2.50. The summed E-state index contributed by atoms with van der Waals surface area (Å²) >= 11 is 0. The van der Waals surface area contributed by atoms with E-state index in [9.17, 15) is 14.0 Å². The van der Waals surface area contributed by atoms with E-state index in [0.717, 1.165) is 26.2 Å². The zero-order valence-electron chi connectivity index (χ0n) is 15.6. The van der Waals surface area contributed by atoms with Crippen LogP contribution in [0.3, 0.4) is 0 Å². The number of hydrogen-bond acceptors (Lipinski definition) is 4. The summed E-state index contributed by atoms with van der Waals surface area (Å²) in [6.07, 6.45) is 0.323. The number of carbonyl (C=O) groups excluding carboxylic acids is 2. The van der Waals surface area contributed by atoms with Gasteiger partial charge in [0, 0.05) is 45.7 Å². The van der Waals surface area contributed by atoms with Gasteiger partial charge in [0.2, 0.25) is 11.8 Å². The Labute approximate surface area is 154 Å². The fourth-order valence-corrected chi connectivity index (χ4v) is 2.78. The van der Waals surface area contributed by atoms with E-state index in [2.05, 4.69) is 34.3 Å². The first kappa shape index (κ1) is 20.3. The molecule has 2 N–H and O–H groups in total. The molecule has 0 spiro atoms. The minimum absolute atomic E-state index is 0.0661. The van der Waals surface area contributed by atoms with E-state index in [1.165, 1.54) is 6.07 Å². The molecule has 1 heterocycles. The molecule has 0 radical (unpaired) electrons. The first-order chi connectivity index (χ1) is 12.4. The molecular weight excluding hydrogens is 335 g/mol. The molecule has 1 aromatic carbocycles. The Morgan fingerprint density at radius 1 is 1.08 bits per heavy atom. The van der Waals surface area contributed by atoms with Crippen LogP contribution in [0.25, 0.3) is 0 Å². The van der Waals surface area contributed by atoms with E-state index in [1.54, 1.807) is 18.2 Å². The molecule has 2 rings (SSSR count). The SMILES string of the molecule is CC(C)CNC(=O)CN1CCN(CCC(=O)Nc2ccccc2F)CC1. The summed E-state index contributed by atoms with van der Waals surface area (Å²) in [7, 11) is 0. The molecule has 0 bridgehead atoms. The van der Waals surface area contributed by atoms with E-state index in [-0.39, 0.29) is 17.5 Å². The van der Waals surface area contributed by atoms with Crippen LogP contribution in [0.15, 0.2) is 24.3 Å². The van der Waals surface area contributed by atoms with Gasteiger partial charge in [-0.05, 0) is 18.1 Å². The maximum atomic E-state index is 13.5. The number of carbonyl (C=O) groups is 2. The van der Waals surface area contributed by atoms with Gasteiger partial charge >= 0.3 is 0 Å². The maximum absolute atomic E-state index is 13.5. The quantitative estimate of drug-likeness (QED) is 0.735.